The van der Waals surface area contributed by atoms with Gasteiger partial charge in [-0.25, -0.2) is 9.97 Å². The van der Waals surface area contributed by atoms with Gasteiger partial charge in [0.15, 0.2) is 11.6 Å². The van der Waals surface area contributed by atoms with Gasteiger partial charge in [-0.3, -0.25) is 4.79 Å². The van der Waals surface area contributed by atoms with Crippen molar-refractivity contribution in [2.75, 3.05) is 18.0 Å². The standard InChI is InChI=1S/C24H22N4O3/c1-15-8-9-17-19(13-15)26-22(18-5-2-3-6-20(18)29)27-23(17)28-11-10-16(14-28)25-24(30)21-7-4-12-31-21/h2-9,12-13,16,29H,10-11,14H2,1H3,(H,25,30)/t16-/m0/s1. The normalized spacial score (nSPS) is 16.0. The van der Waals surface area contributed by atoms with Gasteiger partial charge < -0.3 is 19.7 Å². The van der Waals surface area contributed by atoms with E-state index in [1.807, 2.05) is 37.3 Å². The maximum absolute atomic E-state index is 12.4. The molecule has 31 heavy (non-hydrogen) atoms. The number of carbonyl (C=O) groups is 1. The van der Waals surface area contributed by atoms with E-state index in [0.29, 0.717) is 23.7 Å². The van der Waals surface area contributed by atoms with E-state index in [0.717, 1.165) is 35.2 Å². The highest BCUT2D eigenvalue weighted by Gasteiger charge is 2.28. The molecule has 156 valence electrons. The molecule has 1 aliphatic rings. The van der Waals surface area contributed by atoms with Gasteiger partial charge in [0.25, 0.3) is 5.91 Å². The predicted octanol–water partition coefficient (Wildman–Crippen LogP) is 3.91. The van der Waals surface area contributed by atoms with E-state index >= 15 is 0 Å². The van der Waals surface area contributed by atoms with Crippen LogP contribution in [0.3, 0.4) is 0 Å². The summed E-state index contributed by atoms with van der Waals surface area (Å²) in [7, 11) is 0. The smallest absolute Gasteiger partial charge is 0.287 e. The number of hydrogen-bond donors (Lipinski definition) is 2. The van der Waals surface area contributed by atoms with Gasteiger partial charge in [0.1, 0.15) is 11.6 Å². The van der Waals surface area contributed by atoms with E-state index in [-0.39, 0.29) is 17.7 Å². The number of benzene rings is 2. The minimum Gasteiger partial charge on any atom is -0.507 e. The maximum atomic E-state index is 12.4. The Morgan fingerprint density at radius 3 is 2.84 bits per heavy atom. The summed E-state index contributed by atoms with van der Waals surface area (Å²) >= 11 is 0. The fourth-order valence-corrected chi connectivity index (χ4v) is 3.98. The topological polar surface area (TPSA) is 91.5 Å². The van der Waals surface area contributed by atoms with Crippen molar-refractivity contribution in [3.63, 3.8) is 0 Å². The molecule has 0 unspecified atom stereocenters. The van der Waals surface area contributed by atoms with Crippen LogP contribution in [0.2, 0.25) is 0 Å². The van der Waals surface area contributed by atoms with Gasteiger partial charge in [0, 0.05) is 24.5 Å². The molecule has 4 aromatic rings. The Morgan fingerprint density at radius 1 is 1.16 bits per heavy atom. The van der Waals surface area contributed by atoms with Crippen LogP contribution in [0.15, 0.2) is 65.3 Å². The molecule has 7 heteroatoms. The number of phenolic OH excluding ortho intramolecular Hbond substituents is 1. The van der Waals surface area contributed by atoms with Gasteiger partial charge in [-0.1, -0.05) is 18.2 Å². The molecular formula is C24H22N4O3. The molecule has 2 aromatic carbocycles. The SMILES string of the molecule is Cc1ccc2c(N3CC[C@H](NC(=O)c4ccco4)C3)nc(-c3ccccc3O)nc2c1. The van der Waals surface area contributed by atoms with Gasteiger partial charge in [0.05, 0.1) is 17.3 Å². The number of amides is 1. The van der Waals surface area contributed by atoms with E-state index in [2.05, 4.69) is 10.2 Å². The fraction of sp³-hybridized carbons (Fsp3) is 0.208. The lowest BCUT2D eigenvalue weighted by molar-refractivity contribution is 0.0912. The summed E-state index contributed by atoms with van der Waals surface area (Å²) < 4.78 is 5.19. The summed E-state index contributed by atoms with van der Waals surface area (Å²) in [5.74, 6) is 1.52. The third-order valence-electron chi connectivity index (χ3n) is 5.55. The number of aryl methyl sites for hydroxylation is 1. The Labute approximate surface area is 179 Å². The second-order valence-electron chi connectivity index (χ2n) is 7.79. The van der Waals surface area contributed by atoms with Crippen LogP contribution in [0, 0.1) is 6.92 Å². The molecule has 0 radical (unpaired) electrons. The zero-order valence-electron chi connectivity index (χ0n) is 17.1. The van der Waals surface area contributed by atoms with Gasteiger partial charge >= 0.3 is 0 Å². The summed E-state index contributed by atoms with van der Waals surface area (Å²) in [6.45, 7) is 3.41. The Bertz CT molecular complexity index is 1250. The number of carbonyl (C=O) groups excluding carboxylic acids is 1. The van der Waals surface area contributed by atoms with Crippen molar-refractivity contribution in [1.29, 1.82) is 0 Å². The molecule has 1 amide bonds. The van der Waals surface area contributed by atoms with Gasteiger partial charge in [-0.2, -0.15) is 0 Å². The number of phenols is 1. The van der Waals surface area contributed by atoms with Crippen LogP contribution in [-0.2, 0) is 0 Å². The highest BCUT2D eigenvalue weighted by Crippen LogP contribution is 2.33. The average Bonchev–Trinajstić information content (AvgIpc) is 3.45. The number of aromatic hydroxyl groups is 1. The number of rotatable bonds is 4. The molecule has 1 aliphatic heterocycles. The minimum absolute atomic E-state index is 0.0124. The Kier molecular flexibility index (Phi) is 4.78. The first-order chi connectivity index (χ1) is 15.1. The highest BCUT2D eigenvalue weighted by atomic mass is 16.3. The summed E-state index contributed by atoms with van der Waals surface area (Å²) in [5, 5.41) is 14.3. The number of aromatic nitrogens is 2. The molecule has 3 heterocycles. The number of para-hydroxylation sites is 1. The van der Waals surface area contributed by atoms with Crippen LogP contribution in [0.4, 0.5) is 5.82 Å². The first kappa shape index (κ1) is 19.1. The third kappa shape index (κ3) is 3.70. The summed E-state index contributed by atoms with van der Waals surface area (Å²) in [5.41, 5.74) is 2.52. The lowest BCUT2D eigenvalue weighted by Gasteiger charge is -2.21. The molecule has 2 aromatic heterocycles. The molecule has 7 nitrogen and oxygen atoms in total. The summed E-state index contributed by atoms with van der Waals surface area (Å²) in [6, 6.07) is 16.5. The number of anilines is 1. The van der Waals surface area contributed by atoms with Crippen molar-refractivity contribution in [2.24, 2.45) is 0 Å². The largest absolute Gasteiger partial charge is 0.507 e. The van der Waals surface area contributed by atoms with E-state index in [4.69, 9.17) is 14.4 Å². The summed E-state index contributed by atoms with van der Waals surface area (Å²) in [4.78, 5) is 24.1. The minimum atomic E-state index is -0.213. The Hall–Kier alpha value is -3.87. The third-order valence-corrected chi connectivity index (χ3v) is 5.55. The lowest BCUT2D eigenvalue weighted by Crippen LogP contribution is -2.37. The molecule has 1 fully saturated rings. The van der Waals surface area contributed by atoms with Crippen LogP contribution >= 0.6 is 0 Å². The molecule has 0 bridgehead atoms. The molecule has 2 N–H and O–H groups in total. The molecule has 0 aliphatic carbocycles. The molecule has 1 atom stereocenters. The van der Waals surface area contributed by atoms with Crippen molar-refractivity contribution in [1.82, 2.24) is 15.3 Å². The zero-order valence-corrected chi connectivity index (χ0v) is 17.1. The number of nitrogens with one attached hydrogen (secondary N) is 1. The van der Waals surface area contributed by atoms with E-state index < -0.39 is 0 Å². The van der Waals surface area contributed by atoms with Crippen molar-refractivity contribution >= 4 is 22.6 Å². The van der Waals surface area contributed by atoms with Crippen LogP contribution in [0.1, 0.15) is 22.5 Å². The van der Waals surface area contributed by atoms with Crippen molar-refractivity contribution in [3.05, 3.63) is 72.2 Å². The van der Waals surface area contributed by atoms with Crippen molar-refractivity contribution in [3.8, 4) is 17.1 Å². The first-order valence-electron chi connectivity index (χ1n) is 10.2. The first-order valence-corrected chi connectivity index (χ1v) is 10.2. The molecule has 5 rings (SSSR count). The van der Waals surface area contributed by atoms with E-state index in [1.54, 1.807) is 24.3 Å². The quantitative estimate of drug-likeness (QED) is 0.526. The average molecular weight is 414 g/mol. The van der Waals surface area contributed by atoms with Gasteiger partial charge in [-0.05, 0) is 55.3 Å². The van der Waals surface area contributed by atoms with E-state index in [9.17, 15) is 9.90 Å². The lowest BCUT2D eigenvalue weighted by atomic mass is 10.1. The van der Waals surface area contributed by atoms with Gasteiger partial charge in [0.2, 0.25) is 0 Å². The van der Waals surface area contributed by atoms with Gasteiger partial charge in [-0.15, -0.1) is 0 Å². The van der Waals surface area contributed by atoms with Crippen LogP contribution in [0.25, 0.3) is 22.3 Å². The number of nitrogens with zero attached hydrogens (tertiary/aromatic N) is 3. The second-order valence-corrected chi connectivity index (χ2v) is 7.79. The number of furan rings is 1. The molecule has 0 spiro atoms. The maximum Gasteiger partial charge on any atom is 0.287 e. The van der Waals surface area contributed by atoms with Crippen LogP contribution in [0.5, 0.6) is 5.75 Å². The second kappa shape index (κ2) is 7.75. The fourth-order valence-electron chi connectivity index (χ4n) is 3.98. The Morgan fingerprint density at radius 2 is 2.03 bits per heavy atom. The van der Waals surface area contributed by atoms with Crippen molar-refractivity contribution < 1.29 is 14.3 Å². The highest BCUT2D eigenvalue weighted by molar-refractivity contribution is 5.93. The van der Waals surface area contributed by atoms with E-state index in [1.165, 1.54) is 6.26 Å². The predicted molar refractivity (Wildman–Crippen MR) is 118 cm³/mol. The molecule has 0 saturated carbocycles. The van der Waals surface area contributed by atoms with Crippen molar-refractivity contribution in [2.45, 2.75) is 19.4 Å². The Balaban J connectivity index is 1.49. The zero-order chi connectivity index (χ0) is 21.4. The summed E-state index contributed by atoms with van der Waals surface area (Å²) in [6.07, 6.45) is 2.29. The monoisotopic (exact) mass is 414 g/mol. The number of hydrogen-bond acceptors (Lipinski definition) is 6. The number of fused-ring (bicyclic) bond motifs is 1. The van der Waals surface area contributed by atoms with Crippen LogP contribution in [-0.4, -0.2) is 40.1 Å². The molecule has 1 saturated heterocycles. The van der Waals surface area contributed by atoms with Crippen LogP contribution < -0.4 is 10.2 Å². The molecular weight excluding hydrogens is 392 g/mol.